The predicted molar refractivity (Wildman–Crippen MR) is 73.2 cm³/mol. The maximum absolute atomic E-state index is 11.9. The maximum atomic E-state index is 11.9. The quantitative estimate of drug-likeness (QED) is 0.832. The van der Waals surface area contributed by atoms with Gasteiger partial charge in [0.2, 0.25) is 5.91 Å². The van der Waals surface area contributed by atoms with Crippen molar-refractivity contribution in [2.45, 2.75) is 37.8 Å². The summed E-state index contributed by atoms with van der Waals surface area (Å²) in [5.41, 5.74) is 0.575. The number of carbonyl (C=O) groups excluding carboxylic acids is 1. The van der Waals surface area contributed by atoms with Crippen molar-refractivity contribution in [3.63, 3.8) is 0 Å². The normalized spacial score (nSPS) is 19.5. The summed E-state index contributed by atoms with van der Waals surface area (Å²) in [5, 5.41) is 11.8. The molecule has 2 unspecified atom stereocenters. The summed E-state index contributed by atoms with van der Waals surface area (Å²) in [5.74, 6) is -1.31. The van der Waals surface area contributed by atoms with Crippen LogP contribution in [-0.4, -0.2) is 29.7 Å². The minimum atomic E-state index is -1.05. The van der Waals surface area contributed by atoms with Crippen molar-refractivity contribution >= 4 is 11.9 Å². The van der Waals surface area contributed by atoms with Crippen LogP contribution in [0.15, 0.2) is 30.3 Å². The van der Waals surface area contributed by atoms with E-state index in [0.717, 1.165) is 19.4 Å². The Bertz CT molecular complexity index is 454. The summed E-state index contributed by atoms with van der Waals surface area (Å²) >= 11 is 0. The van der Waals surface area contributed by atoms with Gasteiger partial charge in [0.15, 0.2) is 6.04 Å². The summed E-state index contributed by atoms with van der Waals surface area (Å²) in [4.78, 5) is 23.1. The van der Waals surface area contributed by atoms with Gasteiger partial charge in [0, 0.05) is 13.0 Å². The van der Waals surface area contributed by atoms with Gasteiger partial charge in [-0.15, -0.1) is 0 Å². The van der Waals surface area contributed by atoms with Gasteiger partial charge in [-0.05, 0) is 24.8 Å². The second-order valence-corrected chi connectivity index (χ2v) is 4.92. The number of carbonyl (C=O) groups is 2. The van der Waals surface area contributed by atoms with E-state index in [4.69, 9.17) is 4.74 Å². The van der Waals surface area contributed by atoms with Gasteiger partial charge < -0.3 is 15.2 Å². The van der Waals surface area contributed by atoms with Crippen LogP contribution in [0.2, 0.25) is 0 Å². The third-order valence-corrected chi connectivity index (χ3v) is 3.40. The van der Waals surface area contributed by atoms with Gasteiger partial charge in [-0.25, -0.2) is 4.79 Å². The standard InChI is InChI=1S/C15H19NO4/c17-13(9-8-12-7-4-10-20-12)16-14(15(18)19)11-5-2-1-3-6-11/h1-3,5-6,12,14H,4,7-10H2,(H,16,17)(H,18,19). The van der Waals surface area contributed by atoms with Gasteiger partial charge in [0.1, 0.15) is 0 Å². The van der Waals surface area contributed by atoms with Gasteiger partial charge in [0.05, 0.1) is 6.10 Å². The molecule has 1 amide bonds. The van der Waals surface area contributed by atoms with Crippen molar-refractivity contribution in [2.24, 2.45) is 0 Å². The molecular weight excluding hydrogens is 258 g/mol. The van der Waals surface area contributed by atoms with E-state index in [2.05, 4.69) is 5.32 Å². The molecule has 5 heteroatoms. The molecule has 5 nitrogen and oxygen atoms in total. The number of carboxylic acids is 1. The number of carboxylic acid groups (broad SMARTS) is 1. The molecule has 2 N–H and O–H groups in total. The molecule has 0 aromatic heterocycles. The molecule has 1 fully saturated rings. The van der Waals surface area contributed by atoms with Crippen LogP contribution in [-0.2, 0) is 14.3 Å². The molecule has 108 valence electrons. The topological polar surface area (TPSA) is 75.6 Å². The van der Waals surface area contributed by atoms with Gasteiger partial charge in [-0.3, -0.25) is 4.79 Å². The average molecular weight is 277 g/mol. The molecular formula is C15H19NO4. The lowest BCUT2D eigenvalue weighted by Crippen LogP contribution is -2.34. The van der Waals surface area contributed by atoms with Gasteiger partial charge in [0.25, 0.3) is 0 Å². The Balaban J connectivity index is 1.87. The SMILES string of the molecule is O=C(CCC1CCCO1)NC(C(=O)O)c1ccccc1. The zero-order valence-corrected chi connectivity index (χ0v) is 11.2. The Kier molecular flexibility index (Phi) is 5.12. The molecule has 0 radical (unpaired) electrons. The zero-order valence-electron chi connectivity index (χ0n) is 11.2. The fourth-order valence-electron chi connectivity index (χ4n) is 2.33. The molecule has 2 atom stereocenters. The number of rotatable bonds is 6. The van der Waals surface area contributed by atoms with E-state index in [-0.39, 0.29) is 12.0 Å². The molecule has 1 aliphatic heterocycles. The first-order valence-corrected chi connectivity index (χ1v) is 6.85. The molecule has 20 heavy (non-hydrogen) atoms. The van der Waals surface area contributed by atoms with E-state index in [1.807, 2.05) is 6.07 Å². The number of benzene rings is 1. The molecule has 1 heterocycles. The molecule has 1 saturated heterocycles. The van der Waals surface area contributed by atoms with Crippen LogP contribution in [0.3, 0.4) is 0 Å². The van der Waals surface area contributed by atoms with Crippen molar-refractivity contribution in [2.75, 3.05) is 6.61 Å². The summed E-state index contributed by atoms with van der Waals surface area (Å²) in [6.07, 6.45) is 3.09. The minimum Gasteiger partial charge on any atom is -0.479 e. The van der Waals surface area contributed by atoms with E-state index in [0.29, 0.717) is 18.4 Å². The highest BCUT2D eigenvalue weighted by atomic mass is 16.5. The molecule has 2 rings (SSSR count). The number of aliphatic carboxylic acids is 1. The van der Waals surface area contributed by atoms with E-state index in [1.54, 1.807) is 24.3 Å². The Morgan fingerprint density at radius 3 is 2.70 bits per heavy atom. The summed E-state index contributed by atoms with van der Waals surface area (Å²) < 4.78 is 5.44. The minimum absolute atomic E-state index is 0.140. The third-order valence-electron chi connectivity index (χ3n) is 3.40. The highest BCUT2D eigenvalue weighted by Gasteiger charge is 2.23. The molecule has 0 spiro atoms. The Morgan fingerprint density at radius 2 is 2.10 bits per heavy atom. The highest BCUT2D eigenvalue weighted by molar-refractivity contribution is 5.84. The smallest absolute Gasteiger partial charge is 0.330 e. The average Bonchev–Trinajstić information content (AvgIpc) is 2.96. The fourth-order valence-corrected chi connectivity index (χ4v) is 2.33. The van der Waals surface area contributed by atoms with Crippen molar-refractivity contribution in [3.05, 3.63) is 35.9 Å². The largest absolute Gasteiger partial charge is 0.479 e. The van der Waals surface area contributed by atoms with Crippen LogP contribution in [0.1, 0.15) is 37.3 Å². The Morgan fingerprint density at radius 1 is 1.35 bits per heavy atom. The van der Waals surface area contributed by atoms with E-state index < -0.39 is 12.0 Å². The first-order valence-electron chi connectivity index (χ1n) is 6.85. The summed E-state index contributed by atoms with van der Waals surface area (Å²) in [7, 11) is 0. The number of ether oxygens (including phenoxy) is 1. The number of hydrogen-bond donors (Lipinski definition) is 2. The lowest BCUT2D eigenvalue weighted by molar-refractivity contribution is -0.142. The van der Waals surface area contributed by atoms with Gasteiger partial charge >= 0.3 is 5.97 Å². The molecule has 0 aliphatic carbocycles. The van der Waals surface area contributed by atoms with Crippen LogP contribution in [0, 0.1) is 0 Å². The van der Waals surface area contributed by atoms with Crippen LogP contribution < -0.4 is 5.32 Å². The van der Waals surface area contributed by atoms with Crippen molar-refractivity contribution in [1.82, 2.24) is 5.32 Å². The molecule has 1 aromatic rings. The number of hydrogen-bond acceptors (Lipinski definition) is 3. The van der Waals surface area contributed by atoms with Crippen molar-refractivity contribution < 1.29 is 19.4 Å². The maximum Gasteiger partial charge on any atom is 0.330 e. The summed E-state index contributed by atoms with van der Waals surface area (Å²) in [6, 6.07) is 7.71. The van der Waals surface area contributed by atoms with Gasteiger partial charge in [-0.1, -0.05) is 30.3 Å². The van der Waals surface area contributed by atoms with Crippen LogP contribution in [0.25, 0.3) is 0 Å². The van der Waals surface area contributed by atoms with Crippen LogP contribution in [0.5, 0.6) is 0 Å². The predicted octanol–water partition coefficient (Wildman–Crippen LogP) is 1.89. The fraction of sp³-hybridized carbons (Fsp3) is 0.467. The van der Waals surface area contributed by atoms with Crippen molar-refractivity contribution in [1.29, 1.82) is 0 Å². The number of nitrogens with one attached hydrogen (secondary N) is 1. The zero-order chi connectivity index (χ0) is 14.4. The van der Waals surface area contributed by atoms with E-state index in [1.165, 1.54) is 0 Å². The Labute approximate surface area is 117 Å². The Hall–Kier alpha value is -1.88. The second kappa shape index (κ2) is 7.05. The molecule has 1 aliphatic rings. The first-order chi connectivity index (χ1) is 9.66. The van der Waals surface area contributed by atoms with E-state index >= 15 is 0 Å². The van der Waals surface area contributed by atoms with Crippen molar-refractivity contribution in [3.8, 4) is 0 Å². The monoisotopic (exact) mass is 277 g/mol. The molecule has 0 bridgehead atoms. The lowest BCUT2D eigenvalue weighted by atomic mass is 10.1. The molecule has 0 saturated carbocycles. The number of amides is 1. The van der Waals surface area contributed by atoms with Crippen LogP contribution in [0.4, 0.5) is 0 Å². The molecule has 1 aromatic carbocycles. The van der Waals surface area contributed by atoms with Crippen LogP contribution >= 0.6 is 0 Å². The van der Waals surface area contributed by atoms with Gasteiger partial charge in [-0.2, -0.15) is 0 Å². The summed E-state index contributed by atoms with van der Waals surface area (Å²) in [6.45, 7) is 0.758. The second-order valence-electron chi connectivity index (χ2n) is 4.92. The highest BCUT2D eigenvalue weighted by Crippen LogP contribution is 2.18. The first kappa shape index (κ1) is 14.5. The van der Waals surface area contributed by atoms with E-state index in [9.17, 15) is 14.7 Å². The third kappa shape index (κ3) is 4.06. The lowest BCUT2D eigenvalue weighted by Gasteiger charge is -2.15.